The van der Waals surface area contributed by atoms with Crippen molar-refractivity contribution in [3.05, 3.63) is 29.8 Å². The Hall–Kier alpha value is -2.05. The molecular formula is C11H9F3NO3-. The van der Waals surface area contributed by atoms with E-state index in [1.165, 1.54) is 6.07 Å². The molecule has 18 heavy (non-hydrogen) atoms. The smallest absolute Gasteiger partial charge is 0.416 e. The summed E-state index contributed by atoms with van der Waals surface area (Å²) in [5.74, 6) is -2.08. The summed E-state index contributed by atoms with van der Waals surface area (Å²) in [4.78, 5) is 21.3. The molecule has 0 aliphatic rings. The normalized spacial score (nSPS) is 11.1. The fourth-order valence-corrected chi connectivity index (χ4v) is 1.21. The molecule has 0 aromatic heterocycles. The van der Waals surface area contributed by atoms with Crippen molar-refractivity contribution in [1.29, 1.82) is 0 Å². The number of alkyl halides is 3. The van der Waals surface area contributed by atoms with Gasteiger partial charge in [-0.05, 0) is 24.6 Å². The molecule has 0 aliphatic heterocycles. The molecule has 0 spiro atoms. The summed E-state index contributed by atoms with van der Waals surface area (Å²) in [6.07, 6.45) is -5.32. The van der Waals surface area contributed by atoms with Crippen LogP contribution in [-0.4, -0.2) is 11.9 Å². The van der Waals surface area contributed by atoms with E-state index in [0.29, 0.717) is 0 Å². The average Bonchev–Trinajstić information content (AvgIpc) is 2.25. The maximum absolute atomic E-state index is 12.4. The second-order valence-electron chi connectivity index (χ2n) is 3.50. The lowest BCUT2D eigenvalue weighted by Crippen LogP contribution is -2.24. The molecule has 1 N–H and O–H groups in total. The molecule has 0 saturated carbocycles. The molecule has 0 unspecified atom stereocenters. The maximum atomic E-state index is 12.4. The first-order valence-corrected chi connectivity index (χ1v) is 4.96. The summed E-state index contributed by atoms with van der Waals surface area (Å²) in [6.45, 7) is 0. The van der Waals surface area contributed by atoms with Crippen molar-refractivity contribution >= 4 is 17.6 Å². The van der Waals surface area contributed by atoms with E-state index in [1.54, 1.807) is 0 Å². The summed E-state index contributed by atoms with van der Waals surface area (Å²) < 4.78 is 37.1. The van der Waals surface area contributed by atoms with Crippen LogP contribution in [0.5, 0.6) is 0 Å². The minimum absolute atomic E-state index is 0.0341. The van der Waals surface area contributed by atoms with Crippen LogP contribution in [-0.2, 0) is 15.8 Å². The van der Waals surface area contributed by atoms with Gasteiger partial charge in [0.15, 0.2) is 0 Å². The van der Waals surface area contributed by atoms with Crippen molar-refractivity contribution < 1.29 is 27.9 Å². The van der Waals surface area contributed by atoms with E-state index in [2.05, 4.69) is 5.32 Å². The van der Waals surface area contributed by atoms with E-state index in [4.69, 9.17) is 0 Å². The van der Waals surface area contributed by atoms with Gasteiger partial charge in [-0.2, -0.15) is 13.2 Å². The van der Waals surface area contributed by atoms with Crippen molar-refractivity contribution in [3.8, 4) is 0 Å². The lowest BCUT2D eigenvalue weighted by Gasteiger charge is -2.10. The minimum Gasteiger partial charge on any atom is -0.550 e. The predicted molar refractivity (Wildman–Crippen MR) is 54.3 cm³/mol. The van der Waals surface area contributed by atoms with Crippen molar-refractivity contribution in [3.63, 3.8) is 0 Å². The van der Waals surface area contributed by atoms with Crippen LogP contribution in [0.4, 0.5) is 18.9 Å². The van der Waals surface area contributed by atoms with Gasteiger partial charge in [-0.15, -0.1) is 0 Å². The Bertz CT molecular complexity index is 457. The van der Waals surface area contributed by atoms with Gasteiger partial charge >= 0.3 is 6.18 Å². The van der Waals surface area contributed by atoms with Gasteiger partial charge in [0, 0.05) is 18.1 Å². The van der Waals surface area contributed by atoms with Gasteiger partial charge in [-0.25, -0.2) is 0 Å². The second-order valence-corrected chi connectivity index (χ2v) is 3.50. The molecule has 0 fully saturated rings. The lowest BCUT2D eigenvalue weighted by atomic mass is 10.2. The number of aliphatic carboxylic acids is 1. The largest absolute Gasteiger partial charge is 0.550 e. The van der Waals surface area contributed by atoms with Gasteiger partial charge in [0.05, 0.1) is 5.56 Å². The van der Waals surface area contributed by atoms with Crippen LogP contribution < -0.4 is 10.4 Å². The quantitative estimate of drug-likeness (QED) is 0.883. The number of hydrogen-bond acceptors (Lipinski definition) is 3. The Kier molecular flexibility index (Phi) is 4.30. The highest BCUT2D eigenvalue weighted by Crippen LogP contribution is 2.30. The number of carbonyl (C=O) groups is 2. The zero-order chi connectivity index (χ0) is 13.8. The van der Waals surface area contributed by atoms with E-state index in [9.17, 15) is 27.9 Å². The predicted octanol–water partition coefficient (Wildman–Crippen LogP) is 1.17. The highest BCUT2D eigenvalue weighted by Gasteiger charge is 2.30. The molecule has 1 amide bonds. The topological polar surface area (TPSA) is 69.2 Å². The zero-order valence-corrected chi connectivity index (χ0v) is 9.08. The van der Waals surface area contributed by atoms with Crippen molar-refractivity contribution in [1.82, 2.24) is 0 Å². The van der Waals surface area contributed by atoms with Crippen LogP contribution >= 0.6 is 0 Å². The van der Waals surface area contributed by atoms with E-state index in [0.717, 1.165) is 18.2 Å². The molecule has 7 heteroatoms. The number of amides is 1. The molecule has 1 aromatic rings. The first-order valence-electron chi connectivity index (χ1n) is 4.96. The van der Waals surface area contributed by atoms with Crippen LogP contribution in [0.1, 0.15) is 18.4 Å². The van der Waals surface area contributed by atoms with Gasteiger partial charge in [-0.3, -0.25) is 4.79 Å². The second kappa shape index (κ2) is 5.52. The number of halogens is 3. The Morgan fingerprint density at radius 1 is 1.22 bits per heavy atom. The number of anilines is 1. The molecule has 0 radical (unpaired) electrons. The lowest BCUT2D eigenvalue weighted by molar-refractivity contribution is -0.305. The molecule has 0 atom stereocenters. The Balaban J connectivity index is 2.68. The molecule has 1 rings (SSSR count). The van der Waals surface area contributed by atoms with Crippen LogP contribution in [0.25, 0.3) is 0 Å². The van der Waals surface area contributed by atoms with E-state index < -0.39 is 30.0 Å². The fraction of sp³-hybridized carbons (Fsp3) is 0.273. The number of carboxylic acid groups (broad SMARTS) is 1. The summed E-state index contributed by atoms with van der Waals surface area (Å²) in [5, 5.41) is 12.3. The number of carbonyl (C=O) groups excluding carboxylic acids is 2. The summed E-state index contributed by atoms with van der Waals surface area (Å²) >= 11 is 0. The molecular weight excluding hydrogens is 251 g/mol. The standard InChI is InChI=1S/C11H10F3NO3/c12-11(13,14)7-2-1-3-8(6-7)15-9(16)4-5-10(17)18/h1-3,6H,4-5H2,(H,15,16)(H,17,18)/p-1. The van der Waals surface area contributed by atoms with Crippen LogP contribution in [0.15, 0.2) is 24.3 Å². The molecule has 0 saturated heterocycles. The monoisotopic (exact) mass is 260 g/mol. The zero-order valence-electron chi connectivity index (χ0n) is 9.08. The van der Waals surface area contributed by atoms with Crippen molar-refractivity contribution in [2.24, 2.45) is 0 Å². The molecule has 0 heterocycles. The number of carboxylic acids is 1. The summed E-state index contributed by atoms with van der Waals surface area (Å²) in [5.41, 5.74) is -0.923. The summed E-state index contributed by atoms with van der Waals surface area (Å²) in [6, 6.07) is 4.08. The minimum atomic E-state index is -4.49. The van der Waals surface area contributed by atoms with Gasteiger partial charge < -0.3 is 15.2 Å². The third-order valence-electron chi connectivity index (χ3n) is 2.03. The third kappa shape index (κ3) is 4.44. The van der Waals surface area contributed by atoms with Crippen LogP contribution in [0, 0.1) is 0 Å². The third-order valence-corrected chi connectivity index (χ3v) is 2.03. The molecule has 0 bridgehead atoms. The number of benzene rings is 1. The van der Waals surface area contributed by atoms with Crippen molar-refractivity contribution in [2.75, 3.05) is 5.32 Å². The Morgan fingerprint density at radius 3 is 2.44 bits per heavy atom. The Morgan fingerprint density at radius 2 is 1.89 bits per heavy atom. The Labute approximate surface area is 100 Å². The molecule has 0 aliphatic carbocycles. The summed E-state index contributed by atoms with van der Waals surface area (Å²) in [7, 11) is 0. The first kappa shape index (κ1) is 14.0. The van der Waals surface area contributed by atoms with E-state index in [1.807, 2.05) is 0 Å². The maximum Gasteiger partial charge on any atom is 0.416 e. The number of nitrogens with one attached hydrogen (secondary N) is 1. The highest BCUT2D eigenvalue weighted by molar-refractivity contribution is 5.92. The van der Waals surface area contributed by atoms with Crippen LogP contribution in [0.2, 0.25) is 0 Å². The van der Waals surface area contributed by atoms with Gasteiger partial charge in [0.25, 0.3) is 0 Å². The highest BCUT2D eigenvalue weighted by atomic mass is 19.4. The number of rotatable bonds is 4. The van der Waals surface area contributed by atoms with Gasteiger partial charge in [0.2, 0.25) is 5.91 Å². The van der Waals surface area contributed by atoms with E-state index in [-0.39, 0.29) is 12.1 Å². The molecule has 4 nitrogen and oxygen atoms in total. The van der Waals surface area contributed by atoms with Gasteiger partial charge in [-0.1, -0.05) is 6.07 Å². The van der Waals surface area contributed by atoms with Crippen molar-refractivity contribution in [2.45, 2.75) is 19.0 Å². The molecule has 1 aromatic carbocycles. The SMILES string of the molecule is O=C([O-])CCC(=O)Nc1cccc(C(F)(F)F)c1. The average molecular weight is 260 g/mol. The van der Waals surface area contributed by atoms with Crippen LogP contribution in [0.3, 0.4) is 0 Å². The number of hydrogen-bond donors (Lipinski definition) is 1. The first-order chi connectivity index (χ1) is 8.29. The van der Waals surface area contributed by atoms with E-state index >= 15 is 0 Å². The van der Waals surface area contributed by atoms with Gasteiger partial charge in [0.1, 0.15) is 0 Å². The fourth-order valence-electron chi connectivity index (χ4n) is 1.21. The molecule has 98 valence electrons.